The van der Waals surface area contributed by atoms with Gasteiger partial charge in [-0.3, -0.25) is 4.90 Å². The van der Waals surface area contributed by atoms with Crippen LogP contribution in [0.3, 0.4) is 0 Å². The summed E-state index contributed by atoms with van der Waals surface area (Å²) in [5.41, 5.74) is 2.36. The second kappa shape index (κ2) is 3.15. The number of para-hydroxylation sites is 2. The highest BCUT2D eigenvalue weighted by Crippen LogP contribution is 2.21. The van der Waals surface area contributed by atoms with Crippen molar-refractivity contribution < 1.29 is 21.9 Å². The van der Waals surface area contributed by atoms with Gasteiger partial charge in [0.1, 0.15) is 5.69 Å². The van der Waals surface area contributed by atoms with E-state index in [0.29, 0.717) is 0 Å². The lowest BCUT2D eigenvalue weighted by molar-refractivity contribution is -0.693. The summed E-state index contributed by atoms with van der Waals surface area (Å²) in [6, 6.07) is 8.17. The van der Waals surface area contributed by atoms with Gasteiger partial charge >= 0.3 is 0 Å². The Morgan fingerprint density at radius 3 is 2.73 bits per heavy atom. The van der Waals surface area contributed by atoms with Crippen LogP contribution in [0, 0.1) is 0 Å². The first-order chi connectivity index (χ1) is 4.88. The molecule has 1 unspecified atom stereocenters. The molecule has 0 bridgehead atoms. The third-order valence-corrected chi connectivity index (χ3v) is 1.73. The van der Waals surface area contributed by atoms with Crippen molar-refractivity contribution >= 4 is 17.7 Å². The molecule has 0 saturated heterocycles. The first-order valence-corrected chi connectivity index (χ1v) is 3.35. The minimum Gasteiger partial charge on any atom is -1.00 e. The molecular weight excluding hydrogens is 204 g/mol. The molecule has 3 heteroatoms. The van der Waals surface area contributed by atoms with Gasteiger partial charge in [0.2, 0.25) is 0 Å². The molecule has 1 heterocycles. The molecule has 0 radical (unpaired) electrons. The van der Waals surface area contributed by atoms with Crippen molar-refractivity contribution in [2.24, 2.45) is 4.99 Å². The van der Waals surface area contributed by atoms with E-state index in [1.54, 1.807) is 0 Å². The summed E-state index contributed by atoms with van der Waals surface area (Å²) in [4.78, 5) is 5.48. The van der Waals surface area contributed by atoms with Crippen LogP contribution in [0.25, 0.3) is 0 Å². The Kier molecular flexibility index (Phi) is 2.42. The predicted octanol–water partition coefficient (Wildman–Crippen LogP) is -2.49. The summed E-state index contributed by atoms with van der Waals surface area (Å²) in [6.07, 6.45) is 1.91. The number of benzene rings is 1. The van der Waals surface area contributed by atoms with Crippen molar-refractivity contribution in [3.8, 4) is 0 Å². The number of hydrogen-bond acceptors (Lipinski definition) is 1. The van der Waals surface area contributed by atoms with Gasteiger partial charge in [-0.2, -0.15) is 4.99 Å². The Labute approximate surface area is 76.3 Å². The molecular formula is C8H9BrN2. The van der Waals surface area contributed by atoms with Gasteiger partial charge in [-0.1, -0.05) is 12.1 Å². The maximum atomic E-state index is 4.22. The summed E-state index contributed by atoms with van der Waals surface area (Å²) in [7, 11) is 2.08. The van der Waals surface area contributed by atoms with Crippen molar-refractivity contribution in [1.29, 1.82) is 0 Å². The number of quaternary nitrogens is 1. The summed E-state index contributed by atoms with van der Waals surface area (Å²) in [5.74, 6) is 0. The Balaban J connectivity index is 0.000000605. The van der Waals surface area contributed by atoms with Crippen LogP contribution in [-0.2, 0) is 0 Å². The largest absolute Gasteiger partial charge is 1.00 e. The quantitative estimate of drug-likeness (QED) is 0.491. The second-order valence-corrected chi connectivity index (χ2v) is 2.46. The van der Waals surface area contributed by atoms with Crippen molar-refractivity contribution in [3.63, 3.8) is 0 Å². The fraction of sp³-hybridized carbons (Fsp3) is 0.125. The molecule has 1 aromatic carbocycles. The van der Waals surface area contributed by atoms with E-state index < -0.39 is 0 Å². The molecule has 58 valence electrons. The van der Waals surface area contributed by atoms with E-state index in [1.165, 1.54) is 10.6 Å². The molecule has 1 atom stereocenters. The zero-order valence-corrected chi connectivity index (χ0v) is 7.80. The number of nitrogens with one attached hydrogen (secondary N) is 1. The molecule has 0 amide bonds. The molecule has 0 aromatic heterocycles. The minimum absolute atomic E-state index is 0. The smallest absolute Gasteiger partial charge is 0.193 e. The lowest BCUT2D eigenvalue weighted by Crippen LogP contribution is -3.01. The van der Waals surface area contributed by atoms with E-state index in [2.05, 4.69) is 18.1 Å². The number of fused-ring (bicyclic) bond motifs is 1. The Morgan fingerprint density at radius 2 is 2.00 bits per heavy atom. The molecule has 0 spiro atoms. The number of nitrogens with zero attached hydrogens (tertiary/aromatic N) is 1. The molecule has 1 aromatic rings. The van der Waals surface area contributed by atoms with Gasteiger partial charge in [0, 0.05) is 6.07 Å². The van der Waals surface area contributed by atoms with Crippen molar-refractivity contribution in [2.45, 2.75) is 0 Å². The third kappa shape index (κ3) is 1.34. The van der Waals surface area contributed by atoms with Crippen LogP contribution in [0.1, 0.15) is 0 Å². The number of aliphatic imine (C=N–C) groups is 1. The lowest BCUT2D eigenvalue weighted by Gasteiger charge is -1.99. The molecule has 0 aliphatic carbocycles. The van der Waals surface area contributed by atoms with Crippen molar-refractivity contribution in [3.05, 3.63) is 24.3 Å². The Hall–Kier alpha value is -0.670. The zero-order chi connectivity index (χ0) is 6.97. The molecule has 2 nitrogen and oxygen atoms in total. The monoisotopic (exact) mass is 212 g/mol. The number of halogens is 1. The van der Waals surface area contributed by atoms with Crippen LogP contribution < -0.4 is 21.9 Å². The summed E-state index contributed by atoms with van der Waals surface area (Å²) >= 11 is 0. The van der Waals surface area contributed by atoms with E-state index >= 15 is 0 Å². The average molecular weight is 213 g/mol. The molecule has 11 heavy (non-hydrogen) atoms. The van der Waals surface area contributed by atoms with Gasteiger partial charge in [-0.15, -0.1) is 0 Å². The molecule has 2 rings (SSSR count). The maximum Gasteiger partial charge on any atom is 0.193 e. The SMILES string of the molecule is C[NH+]1C=Nc2ccccc21.[Br-]. The highest BCUT2D eigenvalue weighted by Gasteiger charge is 2.14. The first kappa shape index (κ1) is 8.43. The van der Waals surface area contributed by atoms with Crippen LogP contribution in [0.5, 0.6) is 0 Å². The van der Waals surface area contributed by atoms with E-state index in [-0.39, 0.29) is 17.0 Å². The van der Waals surface area contributed by atoms with Crippen LogP contribution in [0.2, 0.25) is 0 Å². The molecule has 1 aliphatic heterocycles. The standard InChI is InChI=1S/C8H8N2.BrH/c1-10-6-9-7-4-2-3-5-8(7)10;/h2-6H,1H3;1H. The number of rotatable bonds is 0. The normalized spacial score (nSPS) is 19.2. The topological polar surface area (TPSA) is 16.8 Å². The fourth-order valence-corrected chi connectivity index (χ4v) is 1.16. The zero-order valence-electron chi connectivity index (χ0n) is 6.21. The van der Waals surface area contributed by atoms with Crippen molar-refractivity contribution in [2.75, 3.05) is 7.05 Å². The van der Waals surface area contributed by atoms with Gasteiger partial charge in [0.05, 0.1) is 7.05 Å². The third-order valence-electron chi connectivity index (χ3n) is 1.73. The number of hydrogen-bond donors (Lipinski definition) is 1. The van der Waals surface area contributed by atoms with E-state index in [1.807, 2.05) is 24.5 Å². The summed E-state index contributed by atoms with van der Waals surface area (Å²) in [5, 5.41) is 0. The Bertz CT molecular complexity index is 283. The minimum atomic E-state index is 0. The van der Waals surface area contributed by atoms with Gasteiger partial charge in [0.25, 0.3) is 0 Å². The first-order valence-electron chi connectivity index (χ1n) is 3.35. The second-order valence-electron chi connectivity index (χ2n) is 2.46. The van der Waals surface area contributed by atoms with E-state index in [0.717, 1.165) is 5.69 Å². The summed E-state index contributed by atoms with van der Waals surface area (Å²) in [6.45, 7) is 0. The highest BCUT2D eigenvalue weighted by molar-refractivity contribution is 5.71. The van der Waals surface area contributed by atoms with Gasteiger partial charge in [-0.05, 0) is 6.07 Å². The molecule has 0 fully saturated rings. The van der Waals surface area contributed by atoms with Gasteiger partial charge in [0.15, 0.2) is 12.0 Å². The fourth-order valence-electron chi connectivity index (χ4n) is 1.16. The van der Waals surface area contributed by atoms with Crippen LogP contribution >= 0.6 is 0 Å². The Morgan fingerprint density at radius 1 is 1.27 bits per heavy atom. The highest BCUT2D eigenvalue weighted by atomic mass is 79.9. The summed E-state index contributed by atoms with van der Waals surface area (Å²) < 4.78 is 0. The molecule has 0 saturated carbocycles. The van der Waals surface area contributed by atoms with Gasteiger partial charge in [-0.25, -0.2) is 0 Å². The van der Waals surface area contributed by atoms with E-state index in [4.69, 9.17) is 0 Å². The van der Waals surface area contributed by atoms with Crippen LogP contribution in [0.15, 0.2) is 29.3 Å². The van der Waals surface area contributed by atoms with Crippen LogP contribution in [-0.4, -0.2) is 13.4 Å². The van der Waals surface area contributed by atoms with Crippen molar-refractivity contribution in [1.82, 2.24) is 0 Å². The van der Waals surface area contributed by atoms with E-state index in [9.17, 15) is 0 Å². The molecule has 1 N–H and O–H groups in total. The lowest BCUT2D eigenvalue weighted by atomic mass is 10.3. The van der Waals surface area contributed by atoms with Gasteiger partial charge < -0.3 is 17.0 Å². The molecule has 1 aliphatic rings. The maximum absolute atomic E-state index is 4.22. The van der Waals surface area contributed by atoms with Crippen LogP contribution in [0.4, 0.5) is 11.4 Å². The average Bonchev–Trinajstić information content (AvgIpc) is 2.34. The predicted molar refractivity (Wildman–Crippen MR) is 41.1 cm³/mol.